The number of nitrogens with zero attached hydrogens (tertiary/aromatic N) is 4. The maximum absolute atomic E-state index is 12.0. The van der Waals surface area contributed by atoms with E-state index in [9.17, 15) is 4.79 Å². The molecule has 0 N–H and O–H groups in total. The molecule has 0 aliphatic heterocycles. The van der Waals surface area contributed by atoms with Crippen LogP contribution in [0.1, 0.15) is 25.1 Å². The number of carbonyl (C=O) groups is 1. The molecule has 0 radical (unpaired) electrons. The van der Waals surface area contributed by atoms with Gasteiger partial charge in [-0.15, -0.1) is 5.10 Å². The van der Waals surface area contributed by atoms with Gasteiger partial charge in [-0.3, -0.25) is 9.78 Å². The van der Waals surface area contributed by atoms with Gasteiger partial charge in [0.25, 0.3) is 0 Å². The monoisotopic (exact) mass is 356 g/mol. The van der Waals surface area contributed by atoms with E-state index in [1.54, 1.807) is 36.8 Å². The predicted molar refractivity (Wildman–Crippen MR) is 94.6 cm³/mol. The molecule has 0 aliphatic rings. The second-order valence-corrected chi connectivity index (χ2v) is 6.00. The maximum Gasteiger partial charge on any atom is 0.170 e. The number of carbonyl (C=O) groups excluding carboxylic acids is 1. The first-order chi connectivity index (χ1) is 12.2. The minimum atomic E-state index is 0.0468. The van der Waals surface area contributed by atoms with Gasteiger partial charge in [0.2, 0.25) is 0 Å². The highest BCUT2D eigenvalue weighted by Gasteiger charge is 2.07. The molecule has 25 heavy (non-hydrogen) atoms. The van der Waals surface area contributed by atoms with E-state index in [2.05, 4.69) is 20.2 Å². The molecule has 0 saturated heterocycles. The van der Waals surface area contributed by atoms with E-state index < -0.39 is 0 Å². The number of benzene rings is 1. The fourth-order valence-electron chi connectivity index (χ4n) is 2.45. The first-order valence-electron chi connectivity index (χ1n) is 8.04. The molecule has 6 nitrogen and oxygen atoms in total. The van der Waals surface area contributed by atoms with Crippen LogP contribution in [0.5, 0.6) is 5.75 Å². The number of rotatable bonds is 8. The van der Waals surface area contributed by atoms with Crippen molar-refractivity contribution in [1.82, 2.24) is 20.2 Å². The quantitative estimate of drug-likeness (QED) is 0.575. The second-order valence-electron chi connectivity index (χ2n) is 5.56. The maximum atomic E-state index is 12.0. The number of fused-ring (bicyclic) bond motifs is 1. The van der Waals surface area contributed by atoms with E-state index in [4.69, 9.17) is 16.3 Å². The van der Waals surface area contributed by atoms with Gasteiger partial charge in [-0.2, -0.15) is 5.10 Å². The molecule has 3 rings (SSSR count). The molecule has 0 bridgehead atoms. The number of ether oxygens (including phenoxy) is 1. The van der Waals surface area contributed by atoms with Gasteiger partial charge < -0.3 is 4.74 Å². The summed E-state index contributed by atoms with van der Waals surface area (Å²) < 4.78 is 5.67. The Labute approximate surface area is 150 Å². The Bertz CT molecular complexity index is 858. The van der Waals surface area contributed by atoms with Crippen molar-refractivity contribution < 1.29 is 9.53 Å². The topological polar surface area (TPSA) is 77.9 Å². The molecule has 0 amide bonds. The highest BCUT2D eigenvalue weighted by molar-refractivity contribution is 6.31. The zero-order chi connectivity index (χ0) is 17.5. The van der Waals surface area contributed by atoms with Gasteiger partial charge in [0.15, 0.2) is 11.6 Å². The third-order valence-electron chi connectivity index (χ3n) is 3.69. The number of Topliss-reactive ketones (excluding diaryl/α,β-unsaturated/α-hetero) is 1. The van der Waals surface area contributed by atoms with Crippen LogP contribution in [0.15, 0.2) is 42.9 Å². The van der Waals surface area contributed by atoms with E-state index in [1.807, 2.05) is 6.07 Å². The van der Waals surface area contributed by atoms with E-state index in [0.29, 0.717) is 23.0 Å². The van der Waals surface area contributed by atoms with E-state index in [0.717, 1.165) is 30.2 Å². The Kier molecular flexibility index (Phi) is 5.85. The van der Waals surface area contributed by atoms with Crippen molar-refractivity contribution in [3.8, 4) is 5.75 Å². The van der Waals surface area contributed by atoms with Crippen LogP contribution >= 0.6 is 11.6 Å². The molecule has 1 aromatic carbocycles. The molecule has 3 aromatic rings. The summed E-state index contributed by atoms with van der Waals surface area (Å²) in [4.78, 5) is 20.4. The molecular formula is C18H17ClN4O2. The lowest BCUT2D eigenvalue weighted by Gasteiger charge is -2.08. The molecule has 2 heterocycles. The fraction of sp³-hybridized carbons (Fsp3) is 0.278. The number of halogens is 1. The van der Waals surface area contributed by atoms with Crippen molar-refractivity contribution in [3.63, 3.8) is 0 Å². The lowest BCUT2D eigenvalue weighted by atomic mass is 10.1. The van der Waals surface area contributed by atoms with Crippen molar-refractivity contribution in [1.29, 1.82) is 0 Å². The number of aromatic nitrogens is 4. The van der Waals surface area contributed by atoms with Crippen LogP contribution in [0.2, 0.25) is 5.02 Å². The van der Waals surface area contributed by atoms with E-state index in [-0.39, 0.29) is 12.4 Å². The van der Waals surface area contributed by atoms with Crippen molar-refractivity contribution >= 4 is 28.3 Å². The molecule has 0 unspecified atom stereocenters. The zero-order valence-electron chi connectivity index (χ0n) is 13.6. The first-order valence-corrected chi connectivity index (χ1v) is 8.41. The molecule has 0 spiro atoms. The van der Waals surface area contributed by atoms with E-state index >= 15 is 0 Å². The number of ketones is 1. The van der Waals surface area contributed by atoms with Gasteiger partial charge in [0.05, 0.1) is 11.7 Å². The van der Waals surface area contributed by atoms with Crippen molar-refractivity contribution in [2.75, 3.05) is 6.61 Å². The number of hydrogen-bond donors (Lipinski definition) is 0. The highest BCUT2D eigenvalue weighted by atomic mass is 35.5. The molecule has 0 aliphatic carbocycles. The predicted octanol–water partition coefficient (Wildman–Crippen LogP) is 3.43. The summed E-state index contributed by atoms with van der Waals surface area (Å²) in [5.41, 5.74) is 0.744. The Morgan fingerprint density at radius 1 is 1.08 bits per heavy atom. The lowest BCUT2D eigenvalue weighted by molar-refractivity contribution is -0.121. The minimum absolute atomic E-state index is 0.0468. The van der Waals surface area contributed by atoms with Crippen LogP contribution in [0, 0.1) is 0 Å². The van der Waals surface area contributed by atoms with Crippen LogP contribution in [0.25, 0.3) is 10.9 Å². The van der Waals surface area contributed by atoms with Crippen molar-refractivity contribution in [3.05, 3.63) is 53.7 Å². The average molecular weight is 357 g/mol. The Morgan fingerprint density at radius 2 is 2.00 bits per heavy atom. The Morgan fingerprint density at radius 3 is 2.84 bits per heavy atom. The molecule has 0 fully saturated rings. The summed E-state index contributed by atoms with van der Waals surface area (Å²) in [7, 11) is 0. The molecule has 2 aromatic heterocycles. The van der Waals surface area contributed by atoms with Crippen molar-refractivity contribution in [2.45, 2.75) is 25.7 Å². The lowest BCUT2D eigenvalue weighted by Crippen LogP contribution is -2.11. The standard InChI is InChI=1S/C18H17ClN4O2/c19-13-5-6-15-16(11-13)20-8-7-17(15)25-12-14(24)3-1-2-4-18-21-9-10-22-23-18/h5-11H,1-4,12H2. The van der Waals surface area contributed by atoms with Gasteiger partial charge >= 0.3 is 0 Å². The molecule has 128 valence electrons. The fourth-order valence-corrected chi connectivity index (χ4v) is 2.61. The number of unbranched alkanes of at least 4 members (excludes halogenated alkanes) is 1. The Balaban J connectivity index is 1.46. The second kappa shape index (κ2) is 8.48. The molecule has 0 atom stereocenters. The van der Waals surface area contributed by atoms with Crippen LogP contribution < -0.4 is 4.74 Å². The number of aryl methyl sites for hydroxylation is 1. The normalized spacial score (nSPS) is 10.8. The Hall–Kier alpha value is -2.60. The van der Waals surface area contributed by atoms with Gasteiger partial charge in [0, 0.05) is 35.6 Å². The third-order valence-corrected chi connectivity index (χ3v) is 3.92. The molecule has 7 heteroatoms. The van der Waals surface area contributed by atoms with Crippen LogP contribution in [0.4, 0.5) is 0 Å². The molecule has 0 saturated carbocycles. The van der Waals surface area contributed by atoms with Crippen molar-refractivity contribution in [2.24, 2.45) is 0 Å². The SMILES string of the molecule is O=C(CCCCc1nccnn1)COc1ccnc2cc(Cl)ccc12. The molecular weight excluding hydrogens is 340 g/mol. The van der Waals surface area contributed by atoms with Crippen LogP contribution in [0.3, 0.4) is 0 Å². The first kappa shape index (κ1) is 17.2. The highest BCUT2D eigenvalue weighted by Crippen LogP contribution is 2.26. The minimum Gasteiger partial charge on any atom is -0.485 e. The average Bonchev–Trinajstić information content (AvgIpc) is 2.64. The van der Waals surface area contributed by atoms with Gasteiger partial charge in [-0.25, -0.2) is 4.98 Å². The van der Waals surface area contributed by atoms with E-state index in [1.165, 1.54) is 0 Å². The van der Waals surface area contributed by atoms with Gasteiger partial charge in [0.1, 0.15) is 12.4 Å². The zero-order valence-corrected chi connectivity index (χ0v) is 14.3. The summed E-state index contributed by atoms with van der Waals surface area (Å²) in [6, 6.07) is 7.15. The summed E-state index contributed by atoms with van der Waals surface area (Å²) in [5.74, 6) is 1.40. The summed E-state index contributed by atoms with van der Waals surface area (Å²) >= 11 is 5.97. The van der Waals surface area contributed by atoms with Gasteiger partial charge in [-0.05, 0) is 37.1 Å². The van der Waals surface area contributed by atoms with Crippen LogP contribution in [-0.2, 0) is 11.2 Å². The smallest absolute Gasteiger partial charge is 0.170 e. The third kappa shape index (κ3) is 4.93. The summed E-state index contributed by atoms with van der Waals surface area (Å²) in [5, 5.41) is 9.16. The summed E-state index contributed by atoms with van der Waals surface area (Å²) in [6.45, 7) is 0.0468. The van der Waals surface area contributed by atoms with Crippen LogP contribution in [-0.4, -0.2) is 32.6 Å². The number of hydrogen-bond acceptors (Lipinski definition) is 6. The summed E-state index contributed by atoms with van der Waals surface area (Å²) in [6.07, 6.45) is 7.61. The number of pyridine rings is 1. The largest absolute Gasteiger partial charge is 0.485 e. The van der Waals surface area contributed by atoms with Gasteiger partial charge in [-0.1, -0.05) is 11.6 Å².